The molecule has 2 aliphatic rings. The third-order valence-electron chi connectivity index (χ3n) is 8.09. The quantitative estimate of drug-likeness (QED) is 0.234. The largest absolute Gasteiger partial charge is 0.493 e. The molecule has 8 nitrogen and oxygen atoms in total. The molecule has 218 valence electrons. The van der Waals surface area contributed by atoms with Crippen LogP contribution in [0.15, 0.2) is 54.7 Å². The van der Waals surface area contributed by atoms with Crippen LogP contribution in [0.1, 0.15) is 55.7 Å². The van der Waals surface area contributed by atoms with Gasteiger partial charge in [0, 0.05) is 41.0 Å². The van der Waals surface area contributed by atoms with Crippen LogP contribution in [0.3, 0.4) is 0 Å². The summed E-state index contributed by atoms with van der Waals surface area (Å²) in [6.07, 6.45) is 2.31. The maximum atomic E-state index is 13.8. The molecule has 1 N–H and O–H groups in total. The number of quaternary nitrogens is 1. The van der Waals surface area contributed by atoms with Gasteiger partial charge in [-0.1, -0.05) is 32.0 Å². The molecule has 0 aliphatic carbocycles. The maximum Gasteiger partial charge on any atom is 0.342 e. The van der Waals surface area contributed by atoms with Crippen LogP contribution < -0.4 is 4.74 Å². The number of hydrogen-bond acceptors (Lipinski definition) is 5. The summed E-state index contributed by atoms with van der Waals surface area (Å²) in [5.41, 5.74) is 3.10. The highest BCUT2D eigenvalue weighted by Crippen LogP contribution is 2.40. The van der Waals surface area contributed by atoms with Gasteiger partial charge in [0.05, 0.1) is 50.8 Å². The molecule has 3 aromatic rings. The fourth-order valence-electron chi connectivity index (χ4n) is 5.88. The Kier molecular flexibility index (Phi) is 8.25. The molecule has 0 unspecified atom stereocenters. The van der Waals surface area contributed by atoms with Crippen molar-refractivity contribution in [3.05, 3.63) is 71.6 Å². The number of carbonyl (C=O) groups excluding carboxylic acids is 2. The number of hydrogen-bond donors (Lipinski definition) is 1. The molecule has 5 rings (SSSR count). The molecule has 3 heterocycles. The van der Waals surface area contributed by atoms with Gasteiger partial charge < -0.3 is 28.6 Å². The number of aromatic nitrogens is 1. The van der Waals surface area contributed by atoms with E-state index < -0.39 is 11.4 Å². The zero-order valence-corrected chi connectivity index (χ0v) is 24.9. The summed E-state index contributed by atoms with van der Waals surface area (Å²) in [6, 6.07) is 15.3. The third kappa shape index (κ3) is 6.34. The number of amides is 1. The van der Waals surface area contributed by atoms with Crippen LogP contribution in [-0.2, 0) is 19.7 Å². The number of rotatable bonds is 8. The van der Waals surface area contributed by atoms with E-state index in [2.05, 4.69) is 31.9 Å². The SMILES string of the molecule is CC(C)OC(=O)C1=CN(C(=O)c2ccc(OCCC[N+]3(C)CCOCC3)cc2)CC(C)(C)c2c1[nH]c1ccccc21. The number of ether oxygens (including phenoxy) is 3. The third-order valence-corrected chi connectivity index (χ3v) is 8.09. The lowest BCUT2D eigenvalue weighted by molar-refractivity contribution is -0.917. The second-order valence-electron chi connectivity index (χ2n) is 12.4. The van der Waals surface area contributed by atoms with Gasteiger partial charge in [-0.05, 0) is 49.7 Å². The number of carbonyl (C=O) groups is 2. The van der Waals surface area contributed by atoms with Crippen molar-refractivity contribution in [2.24, 2.45) is 0 Å². The summed E-state index contributed by atoms with van der Waals surface area (Å²) in [7, 11) is 2.27. The maximum absolute atomic E-state index is 13.8. The first kappa shape index (κ1) is 28.9. The number of para-hydroxylation sites is 1. The Morgan fingerprint density at radius 1 is 1.07 bits per heavy atom. The molecule has 0 bridgehead atoms. The van der Waals surface area contributed by atoms with Gasteiger partial charge in [0.1, 0.15) is 18.8 Å². The van der Waals surface area contributed by atoms with Gasteiger partial charge in [-0.25, -0.2) is 4.79 Å². The van der Waals surface area contributed by atoms with Crippen molar-refractivity contribution in [1.29, 1.82) is 0 Å². The van der Waals surface area contributed by atoms with Gasteiger partial charge in [-0.2, -0.15) is 0 Å². The average Bonchev–Trinajstić information content (AvgIpc) is 3.28. The van der Waals surface area contributed by atoms with E-state index >= 15 is 0 Å². The molecule has 2 aromatic carbocycles. The van der Waals surface area contributed by atoms with Gasteiger partial charge in [0.15, 0.2) is 0 Å². The summed E-state index contributed by atoms with van der Waals surface area (Å²) in [6.45, 7) is 13.6. The van der Waals surface area contributed by atoms with E-state index in [9.17, 15) is 9.59 Å². The molecule has 41 heavy (non-hydrogen) atoms. The summed E-state index contributed by atoms with van der Waals surface area (Å²) in [5.74, 6) is 0.0968. The lowest BCUT2D eigenvalue weighted by Gasteiger charge is -2.37. The van der Waals surface area contributed by atoms with E-state index in [4.69, 9.17) is 14.2 Å². The molecule has 0 saturated carbocycles. The number of aromatic amines is 1. The van der Waals surface area contributed by atoms with Crippen molar-refractivity contribution in [3.8, 4) is 5.75 Å². The summed E-state index contributed by atoms with van der Waals surface area (Å²) in [4.78, 5) is 32.2. The van der Waals surface area contributed by atoms with Gasteiger partial charge >= 0.3 is 5.97 Å². The molecular formula is C33H42N3O5+. The minimum Gasteiger partial charge on any atom is -0.493 e. The van der Waals surface area contributed by atoms with Crippen molar-refractivity contribution in [2.45, 2.75) is 45.6 Å². The highest BCUT2D eigenvalue weighted by atomic mass is 16.5. The van der Waals surface area contributed by atoms with Gasteiger partial charge in [-0.3, -0.25) is 4.79 Å². The predicted molar refractivity (Wildman–Crippen MR) is 160 cm³/mol. The predicted octanol–water partition coefficient (Wildman–Crippen LogP) is 5.14. The van der Waals surface area contributed by atoms with E-state index in [1.54, 1.807) is 23.2 Å². The van der Waals surface area contributed by atoms with Crippen molar-refractivity contribution in [1.82, 2.24) is 9.88 Å². The molecule has 1 saturated heterocycles. The fourth-order valence-corrected chi connectivity index (χ4v) is 5.88. The second kappa shape index (κ2) is 11.7. The summed E-state index contributed by atoms with van der Waals surface area (Å²) < 4.78 is 18.1. The van der Waals surface area contributed by atoms with Gasteiger partial charge in [0.2, 0.25) is 0 Å². The molecule has 0 atom stereocenters. The molecule has 1 aromatic heterocycles. The minimum atomic E-state index is -0.458. The van der Waals surface area contributed by atoms with E-state index in [1.165, 1.54) is 0 Å². The highest BCUT2D eigenvalue weighted by Gasteiger charge is 2.37. The number of H-pyrrole nitrogens is 1. The normalized spacial score (nSPS) is 18.0. The van der Waals surface area contributed by atoms with E-state index in [0.717, 1.165) is 66.0 Å². The number of nitrogens with one attached hydrogen (secondary N) is 1. The van der Waals surface area contributed by atoms with Crippen LogP contribution in [0.5, 0.6) is 5.75 Å². The lowest BCUT2D eigenvalue weighted by atomic mass is 9.81. The fraction of sp³-hybridized carbons (Fsp3) is 0.455. The van der Waals surface area contributed by atoms with Crippen molar-refractivity contribution in [3.63, 3.8) is 0 Å². The first-order valence-corrected chi connectivity index (χ1v) is 14.6. The molecule has 0 radical (unpaired) electrons. The van der Waals surface area contributed by atoms with Crippen LogP contribution in [0.4, 0.5) is 0 Å². The zero-order valence-electron chi connectivity index (χ0n) is 24.9. The molecule has 8 heteroatoms. The van der Waals surface area contributed by atoms with E-state index in [1.807, 2.05) is 44.2 Å². The number of benzene rings is 2. The Morgan fingerprint density at radius 2 is 1.78 bits per heavy atom. The standard InChI is InChI=1S/C33H42N3O5/c1-23(2)41-32(38)27-21-35(22-33(3,4)29-26-9-6-7-10-28(26)34-30(27)29)31(37)24-11-13-25(14-12-24)40-18-8-15-36(5)16-19-39-20-17-36/h6-7,9-14,21,23,34H,8,15-20,22H2,1-5H3/q+1. The van der Waals surface area contributed by atoms with Crippen LogP contribution in [-0.4, -0.2) is 85.4 Å². The molecule has 0 spiro atoms. The first-order valence-electron chi connectivity index (χ1n) is 14.6. The smallest absolute Gasteiger partial charge is 0.342 e. The van der Waals surface area contributed by atoms with Crippen LogP contribution >= 0.6 is 0 Å². The van der Waals surface area contributed by atoms with Crippen molar-refractivity contribution in [2.75, 3.05) is 53.0 Å². The number of fused-ring (bicyclic) bond motifs is 3. The first-order chi connectivity index (χ1) is 19.6. The molecule has 1 fully saturated rings. The Balaban J connectivity index is 1.34. The average molecular weight is 561 g/mol. The highest BCUT2D eigenvalue weighted by molar-refractivity contribution is 6.18. The number of esters is 1. The topological polar surface area (TPSA) is 80.9 Å². The van der Waals surface area contributed by atoms with Gasteiger partial charge in [0.25, 0.3) is 5.91 Å². The zero-order chi connectivity index (χ0) is 29.2. The van der Waals surface area contributed by atoms with E-state index in [-0.39, 0.29) is 12.0 Å². The molecule has 2 aliphatic heterocycles. The van der Waals surface area contributed by atoms with Crippen LogP contribution in [0.25, 0.3) is 16.5 Å². The second-order valence-corrected chi connectivity index (χ2v) is 12.4. The monoisotopic (exact) mass is 560 g/mol. The minimum absolute atomic E-state index is 0.182. The number of likely N-dealkylation sites (N-methyl/N-ethyl adjacent to an activating group) is 1. The Hall–Kier alpha value is -3.62. The molecule has 1 amide bonds. The van der Waals surface area contributed by atoms with Crippen molar-refractivity contribution >= 4 is 28.4 Å². The van der Waals surface area contributed by atoms with E-state index in [0.29, 0.717) is 30.0 Å². The Bertz CT molecular complexity index is 1430. The summed E-state index contributed by atoms with van der Waals surface area (Å²) >= 11 is 0. The summed E-state index contributed by atoms with van der Waals surface area (Å²) in [5, 5.41) is 1.04. The number of nitrogens with zero attached hydrogens (tertiary/aromatic N) is 2. The Morgan fingerprint density at radius 3 is 2.49 bits per heavy atom. The van der Waals surface area contributed by atoms with Gasteiger partial charge in [-0.15, -0.1) is 0 Å². The van der Waals surface area contributed by atoms with Crippen molar-refractivity contribution < 1.29 is 28.3 Å². The van der Waals surface area contributed by atoms with Crippen LogP contribution in [0.2, 0.25) is 0 Å². The molecular weight excluding hydrogens is 518 g/mol. The van der Waals surface area contributed by atoms with Crippen LogP contribution in [0, 0.1) is 0 Å². The Labute approximate surface area is 242 Å². The number of morpholine rings is 1. The lowest BCUT2D eigenvalue weighted by Crippen LogP contribution is -2.52.